The Morgan fingerprint density at radius 1 is 1.08 bits per heavy atom. The molecule has 26 heavy (non-hydrogen) atoms. The largest absolute Gasteiger partial charge is 0.383 e. The van der Waals surface area contributed by atoms with E-state index in [0.29, 0.717) is 29.0 Å². The van der Waals surface area contributed by atoms with Crippen molar-refractivity contribution in [2.45, 2.75) is 0 Å². The highest BCUT2D eigenvalue weighted by atomic mass is 32.2. The normalized spacial score (nSPS) is 15.5. The number of hydrogen-bond donors (Lipinski definition) is 1. The van der Waals surface area contributed by atoms with E-state index in [-0.39, 0.29) is 11.4 Å². The molecule has 0 radical (unpaired) electrons. The standard InChI is InChI=1S/C19H20N2O4S/c1-21-16-11-7-6-10-15(16)17(14-8-4-3-5-9-14)18(26(21,23)24)19(22)20-12-13-25-2/h3-11H,12-13H2,1-2H3,(H,20,22). The van der Waals surface area contributed by atoms with Crippen molar-refractivity contribution in [1.29, 1.82) is 0 Å². The minimum absolute atomic E-state index is 0.224. The van der Waals surface area contributed by atoms with Gasteiger partial charge in [0.05, 0.1) is 12.3 Å². The number of fused-ring (bicyclic) bond motifs is 1. The fourth-order valence-corrected chi connectivity index (χ4v) is 4.43. The zero-order valence-electron chi connectivity index (χ0n) is 14.6. The number of hydrogen-bond acceptors (Lipinski definition) is 4. The summed E-state index contributed by atoms with van der Waals surface area (Å²) in [6.07, 6.45) is 0. The average molecular weight is 372 g/mol. The van der Waals surface area contributed by atoms with Gasteiger partial charge in [0.1, 0.15) is 0 Å². The molecule has 7 heteroatoms. The fourth-order valence-electron chi connectivity index (χ4n) is 2.95. The smallest absolute Gasteiger partial charge is 0.270 e. The molecule has 1 aliphatic rings. The molecule has 0 aromatic heterocycles. The van der Waals surface area contributed by atoms with Crippen molar-refractivity contribution in [1.82, 2.24) is 5.32 Å². The van der Waals surface area contributed by atoms with Gasteiger partial charge in [-0.1, -0.05) is 48.5 Å². The second kappa shape index (κ2) is 7.31. The number of para-hydroxylation sites is 1. The highest BCUT2D eigenvalue weighted by molar-refractivity contribution is 7.97. The molecular weight excluding hydrogens is 352 g/mol. The second-order valence-electron chi connectivity index (χ2n) is 5.81. The molecule has 0 spiro atoms. The lowest BCUT2D eigenvalue weighted by atomic mass is 9.95. The summed E-state index contributed by atoms with van der Waals surface area (Å²) in [4.78, 5) is 12.5. The molecule has 0 saturated carbocycles. The summed E-state index contributed by atoms with van der Waals surface area (Å²) in [6.45, 7) is 0.522. The van der Waals surface area contributed by atoms with Crippen LogP contribution in [-0.2, 0) is 19.6 Å². The molecule has 6 nitrogen and oxygen atoms in total. The summed E-state index contributed by atoms with van der Waals surface area (Å²) in [5, 5.41) is 2.63. The molecule has 0 unspecified atom stereocenters. The van der Waals surface area contributed by atoms with Crippen molar-refractivity contribution in [2.75, 3.05) is 31.6 Å². The maximum Gasteiger partial charge on any atom is 0.270 e. The van der Waals surface area contributed by atoms with Crippen molar-refractivity contribution in [3.05, 3.63) is 70.6 Å². The first kappa shape index (κ1) is 18.2. The molecule has 1 aliphatic heterocycles. The first-order valence-corrected chi connectivity index (χ1v) is 9.57. The van der Waals surface area contributed by atoms with Crippen LogP contribution in [0.2, 0.25) is 0 Å². The number of methoxy groups -OCH3 is 1. The molecule has 0 saturated heterocycles. The second-order valence-corrected chi connectivity index (χ2v) is 7.71. The number of rotatable bonds is 5. The van der Waals surface area contributed by atoms with E-state index in [1.165, 1.54) is 14.2 Å². The minimum Gasteiger partial charge on any atom is -0.383 e. The molecular formula is C19H20N2O4S. The number of sulfonamides is 1. The predicted octanol–water partition coefficient (Wildman–Crippen LogP) is 1.99. The summed E-state index contributed by atoms with van der Waals surface area (Å²) in [5.41, 5.74) is 2.33. The summed E-state index contributed by atoms with van der Waals surface area (Å²) >= 11 is 0. The van der Waals surface area contributed by atoms with Crippen molar-refractivity contribution in [3.63, 3.8) is 0 Å². The predicted molar refractivity (Wildman–Crippen MR) is 101 cm³/mol. The first-order valence-electron chi connectivity index (χ1n) is 8.13. The third kappa shape index (κ3) is 3.11. The van der Waals surface area contributed by atoms with Crippen molar-refractivity contribution in [3.8, 4) is 0 Å². The van der Waals surface area contributed by atoms with E-state index in [1.54, 1.807) is 24.3 Å². The summed E-state index contributed by atoms with van der Waals surface area (Å²) in [5.74, 6) is -0.637. The van der Waals surface area contributed by atoms with E-state index in [9.17, 15) is 13.2 Å². The molecule has 2 aromatic rings. The van der Waals surface area contributed by atoms with Crippen LogP contribution in [0.5, 0.6) is 0 Å². The monoisotopic (exact) mass is 372 g/mol. The van der Waals surface area contributed by atoms with Gasteiger partial charge < -0.3 is 10.1 Å². The van der Waals surface area contributed by atoms with Gasteiger partial charge in [-0.05, 0) is 11.6 Å². The number of nitrogens with zero attached hydrogens (tertiary/aromatic N) is 1. The number of carbonyl (C=O) groups excluding carboxylic acids is 1. The number of benzene rings is 2. The van der Waals surface area contributed by atoms with Crippen molar-refractivity contribution in [2.24, 2.45) is 0 Å². The van der Waals surface area contributed by atoms with E-state index >= 15 is 0 Å². The summed E-state index contributed by atoms with van der Waals surface area (Å²) < 4.78 is 32.3. The number of carbonyl (C=O) groups is 1. The van der Waals surface area contributed by atoms with Crippen LogP contribution >= 0.6 is 0 Å². The number of amides is 1. The Labute approximate surface area is 153 Å². The van der Waals surface area contributed by atoms with E-state index in [1.807, 2.05) is 30.3 Å². The highest BCUT2D eigenvalue weighted by Gasteiger charge is 2.39. The molecule has 1 heterocycles. The van der Waals surface area contributed by atoms with Crippen LogP contribution in [0.3, 0.4) is 0 Å². The Morgan fingerprint density at radius 3 is 2.42 bits per heavy atom. The maximum absolute atomic E-state index is 13.1. The molecule has 3 rings (SSSR count). The van der Waals surface area contributed by atoms with Gasteiger partial charge in [0.25, 0.3) is 15.9 Å². The van der Waals surface area contributed by atoms with Gasteiger partial charge in [-0.15, -0.1) is 0 Å². The van der Waals surface area contributed by atoms with E-state index in [0.717, 1.165) is 4.31 Å². The van der Waals surface area contributed by atoms with Gasteiger partial charge >= 0.3 is 0 Å². The van der Waals surface area contributed by atoms with E-state index < -0.39 is 15.9 Å². The lowest BCUT2D eigenvalue weighted by Crippen LogP contribution is -2.40. The van der Waals surface area contributed by atoms with Crippen LogP contribution in [0.4, 0.5) is 5.69 Å². The minimum atomic E-state index is -3.99. The fraction of sp³-hybridized carbons (Fsp3) is 0.211. The van der Waals surface area contributed by atoms with Gasteiger partial charge in [0.15, 0.2) is 4.91 Å². The van der Waals surface area contributed by atoms with Crippen LogP contribution in [0.15, 0.2) is 59.5 Å². The van der Waals surface area contributed by atoms with Gasteiger partial charge in [0.2, 0.25) is 0 Å². The van der Waals surface area contributed by atoms with Crippen molar-refractivity contribution >= 4 is 27.2 Å². The van der Waals surface area contributed by atoms with Gasteiger partial charge in [-0.25, -0.2) is 8.42 Å². The Balaban J connectivity index is 2.27. The lowest BCUT2D eigenvalue weighted by Gasteiger charge is -2.30. The Hall–Kier alpha value is -2.64. The van der Waals surface area contributed by atoms with E-state index in [2.05, 4.69) is 5.32 Å². The molecule has 136 valence electrons. The number of ether oxygens (including phenoxy) is 1. The van der Waals surface area contributed by atoms with E-state index in [4.69, 9.17) is 4.74 Å². The van der Waals surface area contributed by atoms with Gasteiger partial charge in [-0.2, -0.15) is 0 Å². The first-order chi connectivity index (χ1) is 12.5. The van der Waals surface area contributed by atoms with Crippen molar-refractivity contribution < 1.29 is 17.9 Å². The molecule has 0 fully saturated rings. The summed E-state index contributed by atoms with van der Waals surface area (Å²) in [7, 11) is -1.02. The molecule has 0 atom stereocenters. The molecule has 1 N–H and O–H groups in total. The quantitative estimate of drug-likeness (QED) is 0.815. The van der Waals surface area contributed by atoms with Crippen LogP contribution < -0.4 is 9.62 Å². The summed E-state index contributed by atoms with van der Waals surface area (Å²) in [6, 6.07) is 16.2. The van der Waals surface area contributed by atoms with Crippen LogP contribution in [0.25, 0.3) is 5.57 Å². The number of nitrogens with one attached hydrogen (secondary N) is 1. The van der Waals surface area contributed by atoms with Crippen LogP contribution in [0.1, 0.15) is 11.1 Å². The van der Waals surface area contributed by atoms with Gasteiger partial charge in [0, 0.05) is 31.8 Å². The SMILES string of the molecule is COCCNC(=O)C1=C(c2ccccc2)c2ccccc2N(C)S1(=O)=O. The molecule has 0 bridgehead atoms. The highest BCUT2D eigenvalue weighted by Crippen LogP contribution is 2.41. The molecule has 1 amide bonds. The lowest BCUT2D eigenvalue weighted by molar-refractivity contribution is -0.117. The number of anilines is 1. The Bertz CT molecular complexity index is 953. The Kier molecular flexibility index (Phi) is 5.11. The third-order valence-electron chi connectivity index (χ3n) is 4.22. The third-order valence-corrected chi connectivity index (χ3v) is 6.04. The van der Waals surface area contributed by atoms with Crippen LogP contribution in [0, 0.1) is 0 Å². The van der Waals surface area contributed by atoms with Crippen LogP contribution in [-0.4, -0.2) is 41.6 Å². The topological polar surface area (TPSA) is 75.7 Å². The van der Waals surface area contributed by atoms with Gasteiger partial charge in [-0.3, -0.25) is 9.10 Å². The zero-order valence-corrected chi connectivity index (χ0v) is 15.4. The zero-order chi connectivity index (χ0) is 18.7. The maximum atomic E-state index is 13.1. The Morgan fingerprint density at radius 2 is 1.73 bits per heavy atom. The molecule has 0 aliphatic carbocycles. The molecule has 2 aromatic carbocycles. The average Bonchev–Trinajstić information content (AvgIpc) is 2.65.